The van der Waals surface area contributed by atoms with Crippen molar-refractivity contribution in [2.45, 2.75) is 6.54 Å². The molecule has 0 aliphatic rings. The summed E-state index contributed by atoms with van der Waals surface area (Å²) < 4.78 is 5.33. The van der Waals surface area contributed by atoms with Crippen molar-refractivity contribution >= 4 is 22.9 Å². The molecule has 1 amide bonds. The van der Waals surface area contributed by atoms with Gasteiger partial charge in [-0.3, -0.25) is 4.79 Å². The highest BCUT2D eigenvalue weighted by molar-refractivity contribution is 7.07. The normalized spacial score (nSPS) is 10.0. The lowest BCUT2D eigenvalue weighted by Crippen LogP contribution is -2.28. The first-order valence-corrected chi connectivity index (χ1v) is 6.45. The third kappa shape index (κ3) is 3.49. The van der Waals surface area contributed by atoms with Crippen LogP contribution in [-0.2, 0) is 11.3 Å². The maximum absolute atomic E-state index is 11.5. The average molecular weight is 262 g/mol. The monoisotopic (exact) mass is 262 g/mol. The number of rotatable bonds is 5. The molecule has 5 heteroatoms. The molecule has 2 rings (SSSR count). The molecule has 0 atom stereocenters. The lowest BCUT2D eigenvalue weighted by Gasteiger charge is -2.08. The van der Waals surface area contributed by atoms with Crippen molar-refractivity contribution in [1.29, 1.82) is 0 Å². The molecule has 94 valence electrons. The van der Waals surface area contributed by atoms with Crippen LogP contribution in [0.15, 0.2) is 41.1 Å². The van der Waals surface area contributed by atoms with Gasteiger partial charge in [0.15, 0.2) is 6.61 Å². The van der Waals surface area contributed by atoms with E-state index < -0.39 is 0 Å². The summed E-state index contributed by atoms with van der Waals surface area (Å²) in [6.45, 7) is 0.494. The molecule has 1 aromatic carbocycles. The third-order valence-electron chi connectivity index (χ3n) is 2.35. The number of nitrogens with one attached hydrogen (secondary N) is 1. The number of thiophene rings is 1. The van der Waals surface area contributed by atoms with Crippen LogP contribution in [0.25, 0.3) is 0 Å². The minimum absolute atomic E-state index is 0.0294. The van der Waals surface area contributed by atoms with Crippen LogP contribution in [0, 0.1) is 0 Å². The number of para-hydroxylation sites is 2. The molecule has 0 aliphatic heterocycles. The molecule has 4 nitrogen and oxygen atoms in total. The number of benzene rings is 1. The second-order valence-electron chi connectivity index (χ2n) is 3.73. The first-order chi connectivity index (χ1) is 8.75. The second-order valence-corrected chi connectivity index (χ2v) is 4.51. The Labute approximate surface area is 109 Å². The van der Waals surface area contributed by atoms with Gasteiger partial charge in [0.2, 0.25) is 0 Å². The number of carbonyl (C=O) groups excluding carboxylic acids is 1. The number of hydrogen-bond donors (Lipinski definition) is 2. The molecular weight excluding hydrogens is 248 g/mol. The number of carbonyl (C=O) groups is 1. The van der Waals surface area contributed by atoms with Crippen LogP contribution in [0.4, 0.5) is 5.69 Å². The van der Waals surface area contributed by atoms with Gasteiger partial charge in [-0.25, -0.2) is 0 Å². The summed E-state index contributed by atoms with van der Waals surface area (Å²) in [5.41, 5.74) is 7.32. The van der Waals surface area contributed by atoms with E-state index in [0.29, 0.717) is 18.0 Å². The number of hydrogen-bond acceptors (Lipinski definition) is 4. The van der Waals surface area contributed by atoms with Gasteiger partial charge in [-0.1, -0.05) is 12.1 Å². The zero-order chi connectivity index (χ0) is 12.8. The molecule has 0 unspecified atom stereocenters. The van der Waals surface area contributed by atoms with Gasteiger partial charge < -0.3 is 15.8 Å². The van der Waals surface area contributed by atoms with Crippen LogP contribution in [0.3, 0.4) is 0 Å². The van der Waals surface area contributed by atoms with E-state index in [9.17, 15) is 4.79 Å². The van der Waals surface area contributed by atoms with E-state index in [2.05, 4.69) is 5.32 Å². The highest BCUT2D eigenvalue weighted by Crippen LogP contribution is 2.19. The predicted molar refractivity (Wildman–Crippen MR) is 72.5 cm³/mol. The molecule has 0 saturated heterocycles. The molecule has 0 bridgehead atoms. The molecule has 1 aromatic heterocycles. The zero-order valence-corrected chi connectivity index (χ0v) is 10.6. The summed E-state index contributed by atoms with van der Waals surface area (Å²) in [5, 5.41) is 6.75. The molecular formula is C13H14N2O2S. The fourth-order valence-corrected chi connectivity index (χ4v) is 2.07. The van der Waals surface area contributed by atoms with Crippen molar-refractivity contribution in [2.24, 2.45) is 0 Å². The Morgan fingerprint density at radius 1 is 1.33 bits per heavy atom. The summed E-state index contributed by atoms with van der Waals surface area (Å²) >= 11 is 1.60. The fourth-order valence-electron chi connectivity index (χ4n) is 1.40. The topological polar surface area (TPSA) is 64.3 Å². The van der Waals surface area contributed by atoms with Crippen molar-refractivity contribution < 1.29 is 9.53 Å². The van der Waals surface area contributed by atoms with Crippen LogP contribution >= 0.6 is 11.3 Å². The van der Waals surface area contributed by atoms with Gasteiger partial charge in [-0.05, 0) is 34.5 Å². The minimum Gasteiger partial charge on any atom is -0.482 e. The molecule has 0 saturated carbocycles. The van der Waals surface area contributed by atoms with Gasteiger partial charge in [0.05, 0.1) is 5.69 Å². The molecule has 0 fully saturated rings. The van der Waals surface area contributed by atoms with Crippen molar-refractivity contribution in [3.63, 3.8) is 0 Å². The number of nitrogens with two attached hydrogens (primary N) is 1. The standard InChI is InChI=1S/C13H14N2O2S/c14-11-3-1-2-4-12(11)17-8-13(16)15-7-10-5-6-18-9-10/h1-6,9H,7-8,14H2,(H,15,16). The van der Waals surface area contributed by atoms with Crippen LogP contribution < -0.4 is 15.8 Å². The zero-order valence-electron chi connectivity index (χ0n) is 9.76. The Bertz CT molecular complexity index is 511. The van der Waals surface area contributed by atoms with Crippen LogP contribution in [0.5, 0.6) is 5.75 Å². The van der Waals surface area contributed by atoms with Gasteiger partial charge in [0.25, 0.3) is 5.91 Å². The van der Waals surface area contributed by atoms with E-state index in [1.54, 1.807) is 23.5 Å². The molecule has 2 aromatic rings. The van der Waals surface area contributed by atoms with E-state index >= 15 is 0 Å². The Morgan fingerprint density at radius 3 is 2.89 bits per heavy atom. The molecule has 0 aliphatic carbocycles. The van der Waals surface area contributed by atoms with Crippen molar-refractivity contribution in [2.75, 3.05) is 12.3 Å². The summed E-state index contributed by atoms with van der Waals surface area (Å²) in [7, 11) is 0. The summed E-state index contributed by atoms with van der Waals surface area (Å²) in [6, 6.07) is 9.08. The van der Waals surface area contributed by atoms with Gasteiger partial charge in [0.1, 0.15) is 5.75 Å². The smallest absolute Gasteiger partial charge is 0.258 e. The largest absolute Gasteiger partial charge is 0.482 e. The number of amides is 1. The van der Waals surface area contributed by atoms with E-state index in [1.165, 1.54) is 0 Å². The highest BCUT2D eigenvalue weighted by Gasteiger charge is 2.04. The van der Waals surface area contributed by atoms with E-state index in [0.717, 1.165) is 5.56 Å². The van der Waals surface area contributed by atoms with E-state index in [4.69, 9.17) is 10.5 Å². The highest BCUT2D eigenvalue weighted by atomic mass is 32.1. The summed E-state index contributed by atoms with van der Waals surface area (Å²) in [4.78, 5) is 11.5. The molecule has 1 heterocycles. The summed E-state index contributed by atoms with van der Waals surface area (Å²) in [6.07, 6.45) is 0. The Kier molecular flexibility index (Phi) is 4.20. The first-order valence-electron chi connectivity index (χ1n) is 5.51. The lowest BCUT2D eigenvalue weighted by atomic mass is 10.3. The third-order valence-corrected chi connectivity index (χ3v) is 3.08. The maximum Gasteiger partial charge on any atom is 0.258 e. The van der Waals surface area contributed by atoms with E-state index in [-0.39, 0.29) is 12.5 Å². The van der Waals surface area contributed by atoms with Crippen molar-refractivity contribution in [3.8, 4) is 5.75 Å². The Balaban J connectivity index is 1.77. The number of anilines is 1. The Morgan fingerprint density at radius 2 is 2.17 bits per heavy atom. The van der Waals surface area contributed by atoms with Crippen molar-refractivity contribution in [3.05, 3.63) is 46.7 Å². The average Bonchev–Trinajstić information content (AvgIpc) is 2.88. The van der Waals surface area contributed by atoms with Gasteiger partial charge in [-0.15, -0.1) is 0 Å². The van der Waals surface area contributed by atoms with Gasteiger partial charge in [-0.2, -0.15) is 11.3 Å². The van der Waals surface area contributed by atoms with Crippen LogP contribution in [0.1, 0.15) is 5.56 Å². The molecule has 3 N–H and O–H groups in total. The molecule has 18 heavy (non-hydrogen) atoms. The minimum atomic E-state index is -0.163. The molecule has 0 spiro atoms. The SMILES string of the molecule is Nc1ccccc1OCC(=O)NCc1ccsc1. The summed E-state index contributed by atoms with van der Waals surface area (Å²) in [5.74, 6) is 0.368. The lowest BCUT2D eigenvalue weighted by molar-refractivity contribution is -0.123. The van der Waals surface area contributed by atoms with Gasteiger partial charge in [0, 0.05) is 6.54 Å². The van der Waals surface area contributed by atoms with E-state index in [1.807, 2.05) is 29.0 Å². The quantitative estimate of drug-likeness (QED) is 0.810. The second kappa shape index (κ2) is 6.07. The fraction of sp³-hybridized carbons (Fsp3) is 0.154. The van der Waals surface area contributed by atoms with Crippen LogP contribution in [0.2, 0.25) is 0 Å². The maximum atomic E-state index is 11.5. The predicted octanol–water partition coefficient (Wildman–Crippen LogP) is 2.03. The number of ether oxygens (including phenoxy) is 1. The molecule has 0 radical (unpaired) electrons. The van der Waals surface area contributed by atoms with Gasteiger partial charge >= 0.3 is 0 Å². The Hall–Kier alpha value is -2.01. The first kappa shape index (κ1) is 12.4. The van der Waals surface area contributed by atoms with Crippen molar-refractivity contribution in [1.82, 2.24) is 5.32 Å². The number of nitrogen functional groups attached to an aromatic ring is 1. The van der Waals surface area contributed by atoms with Crippen LogP contribution in [-0.4, -0.2) is 12.5 Å².